The third kappa shape index (κ3) is 2.51. The number of nitrogens with two attached hydrogens (primary N) is 1. The highest BCUT2D eigenvalue weighted by Crippen LogP contribution is 2.25. The first-order chi connectivity index (χ1) is 6.16. The highest BCUT2D eigenvalue weighted by Gasteiger charge is 2.21. The zero-order valence-corrected chi connectivity index (χ0v) is 8.79. The molecule has 0 amide bonds. The van der Waals surface area contributed by atoms with Crippen LogP contribution in [0.3, 0.4) is 0 Å². The number of nitrogens with zero attached hydrogens (tertiary/aromatic N) is 1. The minimum atomic E-state index is -0.214. The second kappa shape index (κ2) is 4.72. The Morgan fingerprint density at radius 1 is 1.62 bits per heavy atom. The highest BCUT2D eigenvalue weighted by atomic mass is 32.1. The maximum absolute atomic E-state index is 9.01. The van der Waals surface area contributed by atoms with Gasteiger partial charge in [-0.3, -0.25) is 0 Å². The third-order valence-electron chi connectivity index (χ3n) is 2.01. The molecule has 2 unspecified atom stereocenters. The van der Waals surface area contributed by atoms with Gasteiger partial charge < -0.3 is 15.7 Å². The summed E-state index contributed by atoms with van der Waals surface area (Å²) in [6.07, 6.45) is 0. The van der Waals surface area contributed by atoms with E-state index in [9.17, 15) is 0 Å². The van der Waals surface area contributed by atoms with Crippen LogP contribution in [0.25, 0.3) is 0 Å². The summed E-state index contributed by atoms with van der Waals surface area (Å²) in [6.45, 7) is 0.0146. The summed E-state index contributed by atoms with van der Waals surface area (Å²) in [7, 11) is 3.94. The standard InChI is InChI=1S/C9H16N2OS/c1-11(2)9(7(10)6-12)8-4-3-5-13-8/h3-5,7,9,12H,6,10H2,1-2H3. The Balaban J connectivity index is 2.80. The first-order valence-electron chi connectivity index (χ1n) is 4.23. The molecule has 0 radical (unpaired) electrons. The number of hydrogen-bond acceptors (Lipinski definition) is 4. The molecule has 13 heavy (non-hydrogen) atoms. The molecular weight excluding hydrogens is 184 g/mol. The Morgan fingerprint density at radius 2 is 2.31 bits per heavy atom. The number of thiophene rings is 1. The van der Waals surface area contributed by atoms with Crippen molar-refractivity contribution in [2.75, 3.05) is 20.7 Å². The van der Waals surface area contributed by atoms with E-state index in [0.29, 0.717) is 0 Å². The van der Waals surface area contributed by atoms with Crippen molar-refractivity contribution in [1.29, 1.82) is 0 Å². The molecule has 0 spiro atoms. The van der Waals surface area contributed by atoms with Crippen molar-refractivity contribution in [3.63, 3.8) is 0 Å². The molecule has 0 aliphatic rings. The van der Waals surface area contributed by atoms with E-state index in [1.165, 1.54) is 4.88 Å². The Bertz CT molecular complexity index is 236. The molecule has 1 aromatic rings. The summed E-state index contributed by atoms with van der Waals surface area (Å²) in [5.41, 5.74) is 5.82. The fraction of sp³-hybridized carbons (Fsp3) is 0.556. The van der Waals surface area contributed by atoms with Crippen LogP contribution < -0.4 is 5.73 Å². The predicted octanol–water partition coefficient (Wildman–Crippen LogP) is 0.670. The van der Waals surface area contributed by atoms with Gasteiger partial charge in [0.05, 0.1) is 12.6 Å². The Kier molecular flexibility index (Phi) is 3.87. The average Bonchev–Trinajstić information content (AvgIpc) is 2.56. The van der Waals surface area contributed by atoms with Crippen LogP contribution in [0.2, 0.25) is 0 Å². The molecule has 2 atom stereocenters. The predicted molar refractivity (Wildman–Crippen MR) is 55.8 cm³/mol. The van der Waals surface area contributed by atoms with E-state index >= 15 is 0 Å². The van der Waals surface area contributed by atoms with Gasteiger partial charge in [-0.25, -0.2) is 0 Å². The van der Waals surface area contributed by atoms with Gasteiger partial charge in [-0.05, 0) is 25.5 Å². The fourth-order valence-electron chi connectivity index (χ4n) is 1.41. The molecule has 0 saturated heterocycles. The summed E-state index contributed by atoms with van der Waals surface area (Å²) in [4.78, 5) is 3.23. The quantitative estimate of drug-likeness (QED) is 0.751. The van der Waals surface area contributed by atoms with Crippen molar-refractivity contribution < 1.29 is 5.11 Å². The van der Waals surface area contributed by atoms with Crippen molar-refractivity contribution in [3.05, 3.63) is 22.4 Å². The van der Waals surface area contributed by atoms with Gasteiger partial charge >= 0.3 is 0 Å². The first-order valence-corrected chi connectivity index (χ1v) is 5.11. The number of aliphatic hydroxyl groups excluding tert-OH is 1. The molecule has 0 aromatic carbocycles. The lowest BCUT2D eigenvalue weighted by Crippen LogP contribution is -2.39. The summed E-state index contributed by atoms with van der Waals surface area (Å²) < 4.78 is 0. The van der Waals surface area contributed by atoms with Crippen molar-refractivity contribution in [2.45, 2.75) is 12.1 Å². The largest absolute Gasteiger partial charge is 0.395 e. The zero-order chi connectivity index (χ0) is 9.84. The van der Waals surface area contributed by atoms with Crippen LogP contribution >= 0.6 is 11.3 Å². The fourth-order valence-corrected chi connectivity index (χ4v) is 2.40. The molecule has 1 aromatic heterocycles. The molecule has 0 saturated carbocycles. The van der Waals surface area contributed by atoms with Gasteiger partial charge in [0, 0.05) is 10.9 Å². The Morgan fingerprint density at radius 3 is 2.69 bits per heavy atom. The van der Waals surface area contributed by atoms with Gasteiger partial charge in [-0.15, -0.1) is 11.3 Å². The third-order valence-corrected chi connectivity index (χ3v) is 2.95. The van der Waals surface area contributed by atoms with E-state index in [1.807, 2.05) is 36.5 Å². The minimum absolute atomic E-state index is 0.0146. The lowest BCUT2D eigenvalue weighted by atomic mass is 10.1. The van der Waals surface area contributed by atoms with Crippen LogP contribution in [0.5, 0.6) is 0 Å². The second-order valence-corrected chi connectivity index (χ2v) is 4.25. The van der Waals surface area contributed by atoms with Gasteiger partial charge in [-0.1, -0.05) is 6.07 Å². The molecule has 0 aliphatic carbocycles. The number of likely N-dealkylation sites (N-methyl/N-ethyl adjacent to an activating group) is 1. The molecule has 3 nitrogen and oxygen atoms in total. The van der Waals surface area contributed by atoms with E-state index in [1.54, 1.807) is 11.3 Å². The van der Waals surface area contributed by atoms with Crippen molar-refractivity contribution in [2.24, 2.45) is 5.73 Å². The van der Waals surface area contributed by atoms with Crippen LogP contribution in [0, 0.1) is 0 Å². The van der Waals surface area contributed by atoms with Crippen molar-refractivity contribution in [1.82, 2.24) is 4.90 Å². The molecule has 4 heteroatoms. The maximum atomic E-state index is 9.01. The summed E-state index contributed by atoms with van der Waals surface area (Å²) >= 11 is 1.67. The van der Waals surface area contributed by atoms with E-state index in [-0.39, 0.29) is 18.7 Å². The molecule has 0 bridgehead atoms. The normalized spacial score (nSPS) is 16.1. The molecular formula is C9H16N2OS. The number of rotatable bonds is 4. The summed E-state index contributed by atoms with van der Waals surface area (Å²) in [5, 5.41) is 11.0. The number of hydrogen-bond donors (Lipinski definition) is 2. The van der Waals surface area contributed by atoms with Gasteiger partial charge in [0.15, 0.2) is 0 Å². The van der Waals surface area contributed by atoms with Gasteiger partial charge in [0.2, 0.25) is 0 Å². The van der Waals surface area contributed by atoms with Crippen LogP contribution in [0.1, 0.15) is 10.9 Å². The Hall–Kier alpha value is -0.420. The van der Waals surface area contributed by atoms with Gasteiger partial charge in [-0.2, -0.15) is 0 Å². The molecule has 0 aliphatic heterocycles. The van der Waals surface area contributed by atoms with Crippen LogP contribution in [0.4, 0.5) is 0 Å². The topological polar surface area (TPSA) is 49.5 Å². The lowest BCUT2D eigenvalue weighted by Gasteiger charge is -2.27. The van der Waals surface area contributed by atoms with Crippen LogP contribution in [0.15, 0.2) is 17.5 Å². The lowest BCUT2D eigenvalue weighted by molar-refractivity contribution is 0.183. The molecule has 0 fully saturated rings. The number of aliphatic hydroxyl groups is 1. The van der Waals surface area contributed by atoms with Crippen LogP contribution in [-0.2, 0) is 0 Å². The molecule has 1 rings (SSSR count). The smallest absolute Gasteiger partial charge is 0.0611 e. The van der Waals surface area contributed by atoms with E-state index in [2.05, 4.69) is 0 Å². The van der Waals surface area contributed by atoms with Gasteiger partial charge in [0.25, 0.3) is 0 Å². The first kappa shape index (κ1) is 10.7. The zero-order valence-electron chi connectivity index (χ0n) is 7.97. The summed E-state index contributed by atoms with van der Waals surface area (Å²) in [5.74, 6) is 0. The monoisotopic (exact) mass is 200 g/mol. The van der Waals surface area contributed by atoms with Crippen LogP contribution in [-0.4, -0.2) is 36.8 Å². The van der Waals surface area contributed by atoms with E-state index in [4.69, 9.17) is 10.8 Å². The molecule has 74 valence electrons. The minimum Gasteiger partial charge on any atom is -0.395 e. The second-order valence-electron chi connectivity index (χ2n) is 3.27. The van der Waals surface area contributed by atoms with Crippen molar-refractivity contribution in [3.8, 4) is 0 Å². The molecule has 3 N–H and O–H groups in total. The molecule has 1 heterocycles. The maximum Gasteiger partial charge on any atom is 0.0611 e. The van der Waals surface area contributed by atoms with E-state index < -0.39 is 0 Å². The average molecular weight is 200 g/mol. The van der Waals surface area contributed by atoms with Crippen molar-refractivity contribution >= 4 is 11.3 Å². The van der Waals surface area contributed by atoms with E-state index in [0.717, 1.165) is 0 Å². The van der Waals surface area contributed by atoms with Gasteiger partial charge in [0.1, 0.15) is 0 Å². The SMILES string of the molecule is CN(C)C(c1cccs1)C(N)CO. The summed E-state index contributed by atoms with van der Waals surface area (Å²) in [6, 6.07) is 3.95. The highest BCUT2D eigenvalue weighted by molar-refractivity contribution is 7.10. The Labute approximate surface area is 82.8 Å².